The van der Waals surface area contributed by atoms with Crippen molar-refractivity contribution in [3.63, 3.8) is 0 Å². The smallest absolute Gasteiger partial charge is 0.191 e. The highest BCUT2D eigenvalue weighted by Gasteiger charge is 2.25. The molecule has 1 fully saturated rings. The molecule has 30 heavy (non-hydrogen) atoms. The summed E-state index contributed by atoms with van der Waals surface area (Å²) in [6, 6.07) is 8.34. The number of halogens is 1. The van der Waals surface area contributed by atoms with E-state index in [0.29, 0.717) is 32.2 Å². The van der Waals surface area contributed by atoms with E-state index in [-0.39, 0.29) is 30.1 Å². The number of guanidine groups is 1. The number of aliphatic imine (C=N–C) groups is 1. The number of nitrogens with zero attached hydrogens (tertiary/aromatic N) is 2. The SMILES string of the molecule is CCNC(=NCc1ccc(COC(C)C)cc1)NCC(C)(O)CN1CCOCC1.I. The lowest BCUT2D eigenvalue weighted by molar-refractivity contribution is -0.0201. The maximum Gasteiger partial charge on any atom is 0.191 e. The minimum atomic E-state index is -0.842. The van der Waals surface area contributed by atoms with Gasteiger partial charge in [0.15, 0.2) is 5.96 Å². The van der Waals surface area contributed by atoms with Gasteiger partial charge in [0.05, 0.1) is 38.1 Å². The molecule has 1 atom stereocenters. The number of morpholine rings is 1. The van der Waals surface area contributed by atoms with Gasteiger partial charge in [-0.15, -0.1) is 24.0 Å². The summed E-state index contributed by atoms with van der Waals surface area (Å²) in [6.07, 6.45) is 0.230. The Hall–Kier alpha value is -0.940. The van der Waals surface area contributed by atoms with Crippen molar-refractivity contribution in [3.8, 4) is 0 Å². The summed E-state index contributed by atoms with van der Waals surface area (Å²) in [7, 11) is 0. The first-order chi connectivity index (χ1) is 13.9. The van der Waals surface area contributed by atoms with E-state index in [4.69, 9.17) is 9.47 Å². The molecule has 1 heterocycles. The van der Waals surface area contributed by atoms with Crippen LogP contribution in [0.3, 0.4) is 0 Å². The maximum atomic E-state index is 10.7. The first-order valence-corrected chi connectivity index (χ1v) is 10.6. The Morgan fingerprint density at radius 3 is 2.43 bits per heavy atom. The third kappa shape index (κ3) is 10.9. The highest BCUT2D eigenvalue weighted by molar-refractivity contribution is 14.0. The quantitative estimate of drug-likeness (QED) is 0.243. The van der Waals surface area contributed by atoms with Gasteiger partial charge in [0.2, 0.25) is 0 Å². The topological polar surface area (TPSA) is 78.4 Å². The Balaban J connectivity index is 0.00000450. The molecule has 1 saturated heterocycles. The van der Waals surface area contributed by atoms with Crippen LogP contribution < -0.4 is 10.6 Å². The zero-order chi connectivity index (χ0) is 21.1. The van der Waals surface area contributed by atoms with Crippen LogP contribution in [-0.4, -0.2) is 73.6 Å². The van der Waals surface area contributed by atoms with Crippen molar-refractivity contribution in [2.45, 2.75) is 52.6 Å². The molecule has 1 aromatic carbocycles. The summed E-state index contributed by atoms with van der Waals surface area (Å²) in [5.74, 6) is 0.710. The summed E-state index contributed by atoms with van der Waals surface area (Å²) in [5.41, 5.74) is 1.46. The van der Waals surface area contributed by atoms with E-state index >= 15 is 0 Å². The van der Waals surface area contributed by atoms with Crippen molar-refractivity contribution in [2.24, 2.45) is 4.99 Å². The standard InChI is InChI=1S/C22H38N4O3.HI/c1-5-23-21(25-16-22(4,27)17-26-10-12-28-13-11-26)24-14-19-6-8-20(9-7-19)15-29-18(2)3;/h6-9,18,27H,5,10-17H2,1-4H3,(H2,23,24,25);1H. The van der Waals surface area contributed by atoms with Gasteiger partial charge >= 0.3 is 0 Å². The van der Waals surface area contributed by atoms with E-state index in [0.717, 1.165) is 44.0 Å². The molecule has 7 nitrogen and oxygen atoms in total. The number of aliphatic hydroxyl groups is 1. The molecule has 1 unspecified atom stereocenters. The second-order valence-corrected chi connectivity index (χ2v) is 8.11. The monoisotopic (exact) mass is 534 g/mol. The average Bonchev–Trinajstić information content (AvgIpc) is 2.70. The Kier molecular flexibility index (Phi) is 12.8. The van der Waals surface area contributed by atoms with Gasteiger partial charge in [0.1, 0.15) is 0 Å². The molecule has 1 aromatic rings. The van der Waals surface area contributed by atoms with Crippen molar-refractivity contribution in [3.05, 3.63) is 35.4 Å². The molecule has 0 radical (unpaired) electrons. The molecule has 1 aliphatic rings. The Labute approximate surface area is 198 Å². The van der Waals surface area contributed by atoms with Gasteiger partial charge in [-0.2, -0.15) is 0 Å². The van der Waals surface area contributed by atoms with Crippen molar-refractivity contribution in [1.29, 1.82) is 0 Å². The average molecular weight is 534 g/mol. The molecule has 0 spiro atoms. The lowest BCUT2D eigenvalue weighted by atomic mass is 10.1. The van der Waals surface area contributed by atoms with Gasteiger partial charge < -0.3 is 25.2 Å². The van der Waals surface area contributed by atoms with Crippen molar-refractivity contribution in [1.82, 2.24) is 15.5 Å². The molecule has 0 aromatic heterocycles. The molecule has 3 N–H and O–H groups in total. The zero-order valence-corrected chi connectivity index (χ0v) is 21.1. The molecule has 1 aliphatic heterocycles. The lowest BCUT2D eigenvalue weighted by Gasteiger charge is -2.34. The number of rotatable bonds is 10. The normalized spacial score (nSPS) is 17.3. The molecule has 8 heteroatoms. The Morgan fingerprint density at radius 2 is 1.83 bits per heavy atom. The van der Waals surface area contributed by atoms with Gasteiger partial charge in [0.25, 0.3) is 0 Å². The largest absolute Gasteiger partial charge is 0.387 e. The van der Waals surface area contributed by atoms with Crippen LogP contribution in [0, 0.1) is 0 Å². The summed E-state index contributed by atoms with van der Waals surface area (Å²) in [4.78, 5) is 6.89. The molecule has 2 rings (SSSR count). The predicted molar refractivity (Wildman–Crippen MR) is 132 cm³/mol. The van der Waals surface area contributed by atoms with Crippen LogP contribution >= 0.6 is 24.0 Å². The fraction of sp³-hybridized carbons (Fsp3) is 0.682. The van der Waals surface area contributed by atoms with Crippen molar-refractivity contribution < 1.29 is 14.6 Å². The van der Waals surface area contributed by atoms with Gasteiger partial charge in [-0.3, -0.25) is 4.90 Å². The number of nitrogens with one attached hydrogen (secondary N) is 2. The van der Waals surface area contributed by atoms with Gasteiger partial charge in [-0.1, -0.05) is 24.3 Å². The van der Waals surface area contributed by atoms with Crippen molar-refractivity contribution >= 4 is 29.9 Å². The predicted octanol–water partition coefficient (Wildman–Crippen LogP) is 2.37. The lowest BCUT2D eigenvalue weighted by Crippen LogP contribution is -2.52. The molecule has 0 saturated carbocycles. The number of hydrogen-bond acceptors (Lipinski definition) is 5. The van der Waals surface area contributed by atoms with Crippen LogP contribution in [-0.2, 0) is 22.6 Å². The van der Waals surface area contributed by atoms with E-state index in [9.17, 15) is 5.11 Å². The van der Waals surface area contributed by atoms with Crippen LogP contribution in [0.1, 0.15) is 38.8 Å². The van der Waals surface area contributed by atoms with E-state index < -0.39 is 5.60 Å². The van der Waals surface area contributed by atoms with Crippen molar-refractivity contribution in [2.75, 3.05) is 45.9 Å². The minimum Gasteiger partial charge on any atom is -0.387 e. The number of benzene rings is 1. The first kappa shape index (κ1) is 27.1. The van der Waals surface area contributed by atoms with E-state index in [1.165, 1.54) is 0 Å². The maximum absolute atomic E-state index is 10.7. The molecule has 0 aliphatic carbocycles. The highest BCUT2D eigenvalue weighted by Crippen LogP contribution is 2.09. The second kappa shape index (κ2) is 14.2. The Morgan fingerprint density at radius 1 is 1.20 bits per heavy atom. The number of ether oxygens (including phenoxy) is 2. The zero-order valence-electron chi connectivity index (χ0n) is 18.8. The second-order valence-electron chi connectivity index (χ2n) is 8.11. The highest BCUT2D eigenvalue weighted by atomic mass is 127. The molecule has 0 amide bonds. The fourth-order valence-corrected chi connectivity index (χ4v) is 3.09. The number of hydrogen-bond donors (Lipinski definition) is 3. The third-order valence-electron chi connectivity index (χ3n) is 4.67. The molecule has 172 valence electrons. The van der Waals surface area contributed by atoms with E-state index in [1.807, 2.05) is 27.7 Å². The summed E-state index contributed by atoms with van der Waals surface area (Å²) >= 11 is 0. The number of β-amino-alcohol motifs (C(OH)–C–C–N with tert-alkyl or cyclic N) is 1. The summed E-state index contributed by atoms with van der Waals surface area (Å²) < 4.78 is 11.0. The van der Waals surface area contributed by atoms with Crippen LogP contribution in [0.25, 0.3) is 0 Å². The fourth-order valence-electron chi connectivity index (χ4n) is 3.09. The Bertz CT molecular complexity index is 617. The van der Waals surface area contributed by atoms with Crippen LogP contribution in [0.15, 0.2) is 29.3 Å². The van der Waals surface area contributed by atoms with Crippen LogP contribution in [0.2, 0.25) is 0 Å². The molecular weight excluding hydrogens is 495 g/mol. The first-order valence-electron chi connectivity index (χ1n) is 10.6. The minimum absolute atomic E-state index is 0. The van der Waals surface area contributed by atoms with Gasteiger partial charge in [0, 0.05) is 32.7 Å². The van der Waals surface area contributed by atoms with Gasteiger partial charge in [-0.25, -0.2) is 4.99 Å². The van der Waals surface area contributed by atoms with Gasteiger partial charge in [-0.05, 0) is 38.8 Å². The van der Waals surface area contributed by atoms with E-state index in [2.05, 4.69) is 44.8 Å². The van der Waals surface area contributed by atoms with Crippen LogP contribution in [0.4, 0.5) is 0 Å². The third-order valence-corrected chi connectivity index (χ3v) is 4.67. The van der Waals surface area contributed by atoms with Crippen LogP contribution in [0.5, 0.6) is 0 Å². The summed E-state index contributed by atoms with van der Waals surface area (Å²) in [5, 5.41) is 17.3. The molecule has 0 bridgehead atoms. The molecular formula is C22H39IN4O3. The van der Waals surface area contributed by atoms with E-state index in [1.54, 1.807) is 0 Å². The summed E-state index contributed by atoms with van der Waals surface area (Å²) in [6.45, 7) is 14.2.